The standard InChI is InChI=1S/C8H19NO3S.Na/c1-7(2)5-9(6-8(3)4)13(10,11)12;/h7-8H,5-6H2,1-4H3,(H,10,11,12);/q;+1/p-1. The first-order valence-electron chi connectivity index (χ1n) is 4.44. The minimum atomic E-state index is -4.27. The Morgan fingerprint density at radius 3 is 1.50 bits per heavy atom. The van der Waals surface area contributed by atoms with Gasteiger partial charge in [0.05, 0.1) is 0 Å². The summed E-state index contributed by atoms with van der Waals surface area (Å²) in [6, 6.07) is 0. The first-order valence-corrected chi connectivity index (χ1v) is 5.81. The van der Waals surface area contributed by atoms with Crippen molar-refractivity contribution in [3.63, 3.8) is 0 Å². The first kappa shape index (κ1) is 17.3. The van der Waals surface area contributed by atoms with Crippen LogP contribution in [0.4, 0.5) is 0 Å². The summed E-state index contributed by atoms with van der Waals surface area (Å²) in [6.45, 7) is 8.17. The number of rotatable bonds is 5. The second-order valence-electron chi connectivity index (χ2n) is 4.06. The molecule has 0 amide bonds. The van der Waals surface area contributed by atoms with Gasteiger partial charge in [-0.15, -0.1) is 0 Å². The van der Waals surface area contributed by atoms with Gasteiger partial charge in [0.1, 0.15) is 0 Å². The van der Waals surface area contributed by atoms with Gasteiger partial charge in [-0.05, 0) is 11.8 Å². The summed E-state index contributed by atoms with van der Waals surface area (Å²) in [5.41, 5.74) is 0. The van der Waals surface area contributed by atoms with E-state index in [9.17, 15) is 13.0 Å². The van der Waals surface area contributed by atoms with Gasteiger partial charge in [0.25, 0.3) is 0 Å². The quantitative estimate of drug-likeness (QED) is 0.409. The number of hydrogen-bond acceptors (Lipinski definition) is 3. The third kappa shape index (κ3) is 8.20. The van der Waals surface area contributed by atoms with E-state index in [0.29, 0.717) is 13.1 Å². The Kier molecular flexibility index (Phi) is 8.87. The molecule has 0 aromatic carbocycles. The summed E-state index contributed by atoms with van der Waals surface area (Å²) in [6.07, 6.45) is 0. The minimum absolute atomic E-state index is 0. The molecule has 0 saturated heterocycles. The van der Waals surface area contributed by atoms with Crippen LogP contribution in [0.15, 0.2) is 0 Å². The summed E-state index contributed by atoms with van der Waals surface area (Å²) in [7, 11) is -4.27. The number of nitrogens with zero attached hydrogens (tertiary/aromatic N) is 1. The predicted octanol–water partition coefficient (Wildman–Crippen LogP) is -1.94. The second-order valence-corrected chi connectivity index (χ2v) is 5.43. The maximum Gasteiger partial charge on any atom is 1.00 e. The van der Waals surface area contributed by atoms with Crippen molar-refractivity contribution in [2.75, 3.05) is 13.1 Å². The molecule has 0 radical (unpaired) electrons. The van der Waals surface area contributed by atoms with E-state index in [0.717, 1.165) is 4.31 Å². The molecule has 6 heteroatoms. The molecule has 0 aliphatic heterocycles. The fourth-order valence-corrected chi connectivity index (χ4v) is 2.03. The molecule has 0 N–H and O–H groups in total. The van der Waals surface area contributed by atoms with Gasteiger partial charge in [-0.25, -0.2) is 12.7 Å². The van der Waals surface area contributed by atoms with E-state index in [-0.39, 0.29) is 41.4 Å². The molecule has 0 aliphatic rings. The van der Waals surface area contributed by atoms with E-state index in [1.807, 2.05) is 27.7 Å². The van der Waals surface area contributed by atoms with Gasteiger partial charge < -0.3 is 4.55 Å². The molecule has 0 saturated carbocycles. The predicted molar refractivity (Wildman–Crippen MR) is 50.9 cm³/mol. The van der Waals surface area contributed by atoms with Crippen molar-refractivity contribution in [1.29, 1.82) is 0 Å². The van der Waals surface area contributed by atoms with Crippen LogP contribution in [0.5, 0.6) is 0 Å². The third-order valence-corrected chi connectivity index (χ3v) is 2.38. The molecule has 0 aromatic rings. The van der Waals surface area contributed by atoms with Crippen LogP contribution in [-0.2, 0) is 10.3 Å². The molecule has 0 spiro atoms. The summed E-state index contributed by atoms with van der Waals surface area (Å²) >= 11 is 0. The average molecular weight is 231 g/mol. The van der Waals surface area contributed by atoms with Crippen LogP contribution in [0.3, 0.4) is 0 Å². The molecule has 0 atom stereocenters. The van der Waals surface area contributed by atoms with Gasteiger partial charge in [-0.1, -0.05) is 27.7 Å². The zero-order valence-corrected chi connectivity index (χ0v) is 12.5. The SMILES string of the molecule is CC(C)CN(CC(C)C)S(=O)(=O)[O-].[Na+]. The summed E-state index contributed by atoms with van der Waals surface area (Å²) < 4.78 is 33.3. The molecule has 0 unspecified atom stereocenters. The van der Waals surface area contributed by atoms with Gasteiger partial charge in [-0.2, -0.15) is 0 Å². The smallest absolute Gasteiger partial charge is 0.735 e. The molecule has 0 rings (SSSR count). The molecular formula is C8H18NNaO3S. The third-order valence-electron chi connectivity index (χ3n) is 1.45. The topological polar surface area (TPSA) is 60.4 Å². The largest absolute Gasteiger partial charge is 1.00 e. The van der Waals surface area contributed by atoms with E-state index in [2.05, 4.69) is 0 Å². The van der Waals surface area contributed by atoms with Crippen molar-refractivity contribution in [1.82, 2.24) is 4.31 Å². The summed E-state index contributed by atoms with van der Waals surface area (Å²) in [5.74, 6) is 0.366. The van der Waals surface area contributed by atoms with Crippen LogP contribution >= 0.6 is 0 Å². The van der Waals surface area contributed by atoms with Crippen molar-refractivity contribution in [2.24, 2.45) is 11.8 Å². The summed E-state index contributed by atoms with van der Waals surface area (Å²) in [4.78, 5) is 0. The fourth-order valence-electron chi connectivity index (χ4n) is 1.07. The Morgan fingerprint density at radius 1 is 1.07 bits per heavy atom. The van der Waals surface area contributed by atoms with E-state index >= 15 is 0 Å². The van der Waals surface area contributed by atoms with Crippen LogP contribution in [0, 0.1) is 11.8 Å². The zero-order chi connectivity index (χ0) is 10.6. The van der Waals surface area contributed by atoms with Crippen molar-refractivity contribution >= 4 is 10.3 Å². The molecule has 0 fully saturated rings. The van der Waals surface area contributed by atoms with Crippen molar-refractivity contribution < 1.29 is 42.5 Å². The Labute approximate surface area is 109 Å². The van der Waals surface area contributed by atoms with Gasteiger partial charge >= 0.3 is 29.6 Å². The molecule has 4 nitrogen and oxygen atoms in total. The molecule has 0 heterocycles. The van der Waals surface area contributed by atoms with Gasteiger partial charge in [0.2, 0.25) is 0 Å². The Bertz CT molecular complexity index is 229. The molecule has 0 aromatic heterocycles. The van der Waals surface area contributed by atoms with Crippen LogP contribution in [-0.4, -0.2) is 30.4 Å². The van der Waals surface area contributed by atoms with Crippen LogP contribution in [0.2, 0.25) is 0 Å². The van der Waals surface area contributed by atoms with Crippen molar-refractivity contribution in [2.45, 2.75) is 27.7 Å². The van der Waals surface area contributed by atoms with E-state index in [4.69, 9.17) is 0 Å². The molecule has 0 bridgehead atoms. The second kappa shape index (κ2) is 7.19. The van der Waals surface area contributed by atoms with E-state index < -0.39 is 10.3 Å². The zero-order valence-electron chi connectivity index (χ0n) is 9.65. The van der Waals surface area contributed by atoms with Gasteiger partial charge in [0, 0.05) is 13.1 Å². The Balaban J connectivity index is 0. The van der Waals surface area contributed by atoms with E-state index in [1.54, 1.807) is 0 Å². The Morgan fingerprint density at radius 2 is 1.36 bits per heavy atom. The first-order chi connectivity index (χ1) is 5.73. The van der Waals surface area contributed by atoms with Gasteiger partial charge in [-0.3, -0.25) is 0 Å². The molecular weight excluding hydrogens is 213 g/mol. The molecule has 80 valence electrons. The molecule has 14 heavy (non-hydrogen) atoms. The normalized spacial score (nSPS) is 12.3. The maximum absolute atomic E-state index is 10.8. The maximum atomic E-state index is 10.8. The van der Waals surface area contributed by atoms with E-state index in [1.165, 1.54) is 0 Å². The average Bonchev–Trinajstić information content (AvgIpc) is 1.81. The van der Waals surface area contributed by atoms with Crippen molar-refractivity contribution in [3.05, 3.63) is 0 Å². The number of hydrogen-bond donors (Lipinski definition) is 0. The monoisotopic (exact) mass is 231 g/mol. The van der Waals surface area contributed by atoms with Crippen LogP contribution in [0.25, 0.3) is 0 Å². The van der Waals surface area contributed by atoms with Gasteiger partial charge in [0.15, 0.2) is 10.3 Å². The van der Waals surface area contributed by atoms with Crippen LogP contribution < -0.4 is 29.6 Å². The summed E-state index contributed by atoms with van der Waals surface area (Å²) in [5, 5.41) is 0. The van der Waals surface area contributed by atoms with Crippen molar-refractivity contribution in [3.8, 4) is 0 Å². The Hall–Kier alpha value is 0.870. The minimum Gasteiger partial charge on any atom is -0.735 e. The molecule has 0 aliphatic carbocycles. The van der Waals surface area contributed by atoms with Crippen LogP contribution in [0.1, 0.15) is 27.7 Å². The fraction of sp³-hybridized carbons (Fsp3) is 1.00.